The number of H-pyrrole nitrogens is 1. The summed E-state index contributed by atoms with van der Waals surface area (Å²) in [5.41, 5.74) is 3.86. The predicted molar refractivity (Wildman–Crippen MR) is 43.0 cm³/mol. The third-order valence-electron chi connectivity index (χ3n) is 1.10. The number of aromatic nitrogens is 3. The average molecular weight is 186 g/mol. The van der Waals surface area contributed by atoms with E-state index < -0.39 is 11.5 Å². The SMILES string of the molecule is CSc1nnc(C(N)=O)c(=O)[nH]1. The molecule has 64 valence electrons. The molecule has 1 rings (SSSR count). The van der Waals surface area contributed by atoms with Gasteiger partial charge in [-0.25, -0.2) is 0 Å². The summed E-state index contributed by atoms with van der Waals surface area (Å²) in [6.07, 6.45) is 1.73. The van der Waals surface area contributed by atoms with E-state index in [2.05, 4.69) is 15.2 Å². The van der Waals surface area contributed by atoms with E-state index in [4.69, 9.17) is 5.73 Å². The molecule has 1 amide bonds. The van der Waals surface area contributed by atoms with E-state index in [9.17, 15) is 9.59 Å². The Balaban J connectivity index is 3.21. The number of rotatable bonds is 2. The second kappa shape index (κ2) is 3.35. The number of hydrogen-bond acceptors (Lipinski definition) is 5. The molecule has 7 heteroatoms. The number of hydrogen-bond donors (Lipinski definition) is 2. The van der Waals surface area contributed by atoms with Crippen molar-refractivity contribution in [3.63, 3.8) is 0 Å². The largest absolute Gasteiger partial charge is 0.364 e. The number of thioether (sulfide) groups is 1. The molecule has 0 saturated heterocycles. The first-order valence-corrected chi connectivity index (χ1v) is 4.18. The Morgan fingerprint density at radius 2 is 2.25 bits per heavy atom. The number of carbonyl (C=O) groups is 1. The first kappa shape index (κ1) is 8.72. The monoisotopic (exact) mass is 186 g/mol. The molecule has 0 fully saturated rings. The summed E-state index contributed by atoms with van der Waals surface area (Å²) in [4.78, 5) is 23.8. The maximum atomic E-state index is 11.0. The van der Waals surface area contributed by atoms with Crippen molar-refractivity contribution in [2.75, 3.05) is 6.26 Å². The van der Waals surface area contributed by atoms with Crippen LogP contribution in [0.1, 0.15) is 10.5 Å². The van der Waals surface area contributed by atoms with Crippen molar-refractivity contribution >= 4 is 17.7 Å². The molecule has 0 aliphatic rings. The van der Waals surface area contributed by atoms with Gasteiger partial charge < -0.3 is 5.73 Å². The Hall–Kier alpha value is -1.37. The lowest BCUT2D eigenvalue weighted by molar-refractivity contribution is 0.0992. The molecule has 1 aromatic heterocycles. The van der Waals surface area contributed by atoms with E-state index in [0.29, 0.717) is 5.16 Å². The van der Waals surface area contributed by atoms with Gasteiger partial charge in [-0.2, -0.15) is 0 Å². The fourth-order valence-corrected chi connectivity index (χ4v) is 0.892. The van der Waals surface area contributed by atoms with Gasteiger partial charge in [-0.05, 0) is 6.26 Å². The van der Waals surface area contributed by atoms with E-state index in [-0.39, 0.29) is 5.69 Å². The summed E-state index contributed by atoms with van der Waals surface area (Å²) in [6, 6.07) is 0. The van der Waals surface area contributed by atoms with Crippen molar-refractivity contribution in [3.8, 4) is 0 Å². The number of amides is 1. The minimum atomic E-state index is -0.878. The highest BCUT2D eigenvalue weighted by Gasteiger charge is 2.08. The molecule has 0 spiro atoms. The summed E-state index contributed by atoms with van der Waals surface area (Å²) in [7, 11) is 0. The van der Waals surface area contributed by atoms with E-state index in [1.54, 1.807) is 6.26 Å². The van der Waals surface area contributed by atoms with Crippen LogP contribution in [0.2, 0.25) is 0 Å². The molecule has 3 N–H and O–H groups in total. The van der Waals surface area contributed by atoms with Crippen molar-refractivity contribution < 1.29 is 4.79 Å². The zero-order valence-corrected chi connectivity index (χ0v) is 7.01. The Labute approximate surface area is 71.6 Å². The molecule has 12 heavy (non-hydrogen) atoms. The van der Waals surface area contributed by atoms with Crippen LogP contribution in [0.4, 0.5) is 0 Å². The molecule has 0 bridgehead atoms. The van der Waals surface area contributed by atoms with Gasteiger partial charge in [0.15, 0.2) is 5.16 Å². The Kier molecular flexibility index (Phi) is 2.44. The topological polar surface area (TPSA) is 102 Å². The number of nitrogens with zero attached hydrogens (tertiary/aromatic N) is 2. The first-order valence-electron chi connectivity index (χ1n) is 2.96. The zero-order chi connectivity index (χ0) is 9.14. The van der Waals surface area contributed by atoms with Crippen molar-refractivity contribution in [2.45, 2.75) is 5.16 Å². The normalized spacial score (nSPS) is 9.75. The van der Waals surface area contributed by atoms with Crippen LogP contribution in [0.5, 0.6) is 0 Å². The lowest BCUT2D eigenvalue weighted by atomic mass is 10.4. The Bertz CT molecular complexity index is 361. The average Bonchev–Trinajstić information content (AvgIpc) is 2.03. The Morgan fingerprint density at radius 1 is 1.58 bits per heavy atom. The lowest BCUT2D eigenvalue weighted by Gasteiger charge is -1.94. The van der Waals surface area contributed by atoms with Gasteiger partial charge >= 0.3 is 0 Å². The van der Waals surface area contributed by atoms with E-state index >= 15 is 0 Å². The molecule has 0 aromatic carbocycles. The number of nitrogens with two attached hydrogens (primary N) is 1. The van der Waals surface area contributed by atoms with Crippen LogP contribution in [0.3, 0.4) is 0 Å². The maximum Gasteiger partial charge on any atom is 0.283 e. The van der Waals surface area contributed by atoms with Gasteiger partial charge in [0, 0.05) is 0 Å². The minimum absolute atomic E-state index is 0.352. The van der Waals surface area contributed by atoms with Crippen LogP contribution in [-0.4, -0.2) is 27.3 Å². The van der Waals surface area contributed by atoms with Crippen molar-refractivity contribution in [3.05, 3.63) is 16.0 Å². The van der Waals surface area contributed by atoms with Crippen molar-refractivity contribution in [1.82, 2.24) is 15.2 Å². The third-order valence-corrected chi connectivity index (χ3v) is 1.67. The quantitative estimate of drug-likeness (QED) is 0.576. The van der Waals surface area contributed by atoms with E-state index in [1.807, 2.05) is 0 Å². The first-order chi connectivity index (χ1) is 5.65. The highest BCUT2D eigenvalue weighted by atomic mass is 32.2. The number of aromatic amines is 1. The molecular weight excluding hydrogens is 180 g/mol. The standard InChI is InChI=1S/C5H6N4O2S/c1-12-5-7-4(11)2(3(6)10)8-9-5/h1H3,(H2,6,10)(H,7,9,11). The fraction of sp³-hybridized carbons (Fsp3) is 0.200. The van der Waals surface area contributed by atoms with Gasteiger partial charge in [-0.3, -0.25) is 14.6 Å². The van der Waals surface area contributed by atoms with Gasteiger partial charge in [-0.15, -0.1) is 10.2 Å². The second-order valence-electron chi connectivity index (χ2n) is 1.88. The minimum Gasteiger partial charge on any atom is -0.364 e. The second-order valence-corrected chi connectivity index (χ2v) is 2.67. The van der Waals surface area contributed by atoms with Gasteiger partial charge in [0.2, 0.25) is 5.69 Å². The van der Waals surface area contributed by atoms with Gasteiger partial charge in [-0.1, -0.05) is 11.8 Å². The smallest absolute Gasteiger partial charge is 0.283 e. The molecule has 0 radical (unpaired) electrons. The van der Waals surface area contributed by atoms with Crippen LogP contribution >= 0.6 is 11.8 Å². The summed E-state index contributed by atoms with van der Waals surface area (Å²) in [5, 5.41) is 7.25. The van der Waals surface area contributed by atoms with Crippen LogP contribution in [0.25, 0.3) is 0 Å². The molecule has 1 heterocycles. The fourth-order valence-electron chi connectivity index (χ4n) is 0.575. The molecule has 0 aliphatic heterocycles. The van der Waals surface area contributed by atoms with Gasteiger partial charge in [0.05, 0.1) is 0 Å². The van der Waals surface area contributed by atoms with Crippen LogP contribution < -0.4 is 11.3 Å². The molecule has 0 aliphatic carbocycles. The van der Waals surface area contributed by atoms with Crippen LogP contribution in [0, 0.1) is 0 Å². The lowest BCUT2D eigenvalue weighted by Crippen LogP contribution is -2.26. The number of nitrogens with one attached hydrogen (secondary N) is 1. The summed E-state index contributed by atoms with van der Waals surface area (Å²) in [5.74, 6) is -0.878. The Morgan fingerprint density at radius 3 is 2.67 bits per heavy atom. The molecule has 0 saturated carbocycles. The molecule has 1 aromatic rings. The zero-order valence-electron chi connectivity index (χ0n) is 6.20. The van der Waals surface area contributed by atoms with Crippen molar-refractivity contribution in [1.29, 1.82) is 0 Å². The molecule has 0 unspecified atom stereocenters. The third kappa shape index (κ3) is 1.62. The molecule has 6 nitrogen and oxygen atoms in total. The number of carbonyl (C=O) groups excluding carboxylic acids is 1. The highest BCUT2D eigenvalue weighted by molar-refractivity contribution is 7.98. The predicted octanol–water partition coefficient (Wildman–Crippen LogP) is -1.01. The summed E-state index contributed by atoms with van der Waals surface area (Å²) < 4.78 is 0. The van der Waals surface area contributed by atoms with Gasteiger partial charge in [0.25, 0.3) is 11.5 Å². The molecule has 0 atom stereocenters. The summed E-state index contributed by atoms with van der Waals surface area (Å²) in [6.45, 7) is 0. The van der Waals surface area contributed by atoms with Crippen LogP contribution in [-0.2, 0) is 0 Å². The van der Waals surface area contributed by atoms with E-state index in [0.717, 1.165) is 0 Å². The maximum absolute atomic E-state index is 11.0. The highest BCUT2D eigenvalue weighted by Crippen LogP contribution is 2.01. The number of primary amides is 1. The van der Waals surface area contributed by atoms with E-state index in [1.165, 1.54) is 11.8 Å². The van der Waals surface area contributed by atoms with Crippen LogP contribution in [0.15, 0.2) is 9.95 Å². The van der Waals surface area contributed by atoms with Gasteiger partial charge in [0.1, 0.15) is 0 Å². The van der Waals surface area contributed by atoms with Crippen molar-refractivity contribution in [2.24, 2.45) is 5.73 Å². The molecular formula is C5H6N4O2S. The summed E-state index contributed by atoms with van der Waals surface area (Å²) >= 11 is 1.22.